The van der Waals surface area contributed by atoms with Gasteiger partial charge in [-0.05, 0) is 50.2 Å². The maximum absolute atomic E-state index is 12.5. The molecule has 26 heavy (non-hydrogen) atoms. The SMILES string of the molecule is CSN(C)c1ccccc1C(=O)N/C(N)=C/C=C(\N)SC1CCNCC1. The van der Waals surface area contributed by atoms with Crippen LogP contribution in [0.1, 0.15) is 23.2 Å². The van der Waals surface area contributed by atoms with E-state index in [1.54, 1.807) is 30.0 Å². The molecule has 0 radical (unpaired) electrons. The Hall–Kier alpha value is -1.77. The molecule has 8 heteroatoms. The number of anilines is 1. The molecule has 0 aliphatic carbocycles. The molecule has 0 spiro atoms. The van der Waals surface area contributed by atoms with Gasteiger partial charge in [-0.1, -0.05) is 24.1 Å². The first-order valence-corrected chi connectivity index (χ1v) is 10.6. The number of thioether (sulfide) groups is 1. The number of nitrogens with two attached hydrogens (primary N) is 2. The van der Waals surface area contributed by atoms with Crippen molar-refractivity contribution in [2.45, 2.75) is 18.1 Å². The van der Waals surface area contributed by atoms with Crippen LogP contribution < -0.4 is 26.4 Å². The van der Waals surface area contributed by atoms with Crippen molar-refractivity contribution in [3.63, 3.8) is 0 Å². The summed E-state index contributed by atoms with van der Waals surface area (Å²) < 4.78 is 1.93. The topological polar surface area (TPSA) is 96.4 Å². The minimum atomic E-state index is -0.242. The second-order valence-corrected chi connectivity index (χ2v) is 8.20. The molecule has 2 rings (SSSR count). The van der Waals surface area contributed by atoms with Gasteiger partial charge in [0.1, 0.15) is 5.82 Å². The van der Waals surface area contributed by atoms with E-state index in [9.17, 15) is 4.79 Å². The third kappa shape index (κ3) is 6.19. The van der Waals surface area contributed by atoms with Gasteiger partial charge in [0.2, 0.25) is 0 Å². The van der Waals surface area contributed by atoms with Crippen molar-refractivity contribution in [2.75, 3.05) is 30.7 Å². The van der Waals surface area contributed by atoms with E-state index < -0.39 is 0 Å². The van der Waals surface area contributed by atoms with Crippen molar-refractivity contribution >= 4 is 35.3 Å². The van der Waals surface area contributed by atoms with Gasteiger partial charge in [0, 0.05) is 18.6 Å². The van der Waals surface area contributed by atoms with Gasteiger partial charge in [-0.2, -0.15) is 0 Å². The minimum Gasteiger partial charge on any atom is -0.394 e. The molecule has 1 aromatic carbocycles. The molecule has 0 saturated carbocycles. The molecule has 1 fully saturated rings. The molecular weight excluding hydrogens is 366 g/mol. The molecular formula is C18H27N5OS2. The van der Waals surface area contributed by atoms with Crippen molar-refractivity contribution in [3.05, 3.63) is 52.8 Å². The van der Waals surface area contributed by atoms with Gasteiger partial charge in [-0.15, -0.1) is 11.8 Å². The van der Waals surface area contributed by atoms with Crippen molar-refractivity contribution in [2.24, 2.45) is 11.5 Å². The number of nitrogens with zero attached hydrogens (tertiary/aromatic N) is 1. The predicted molar refractivity (Wildman–Crippen MR) is 114 cm³/mol. The zero-order chi connectivity index (χ0) is 18.9. The number of allylic oxidation sites excluding steroid dienone is 2. The summed E-state index contributed by atoms with van der Waals surface area (Å²) in [4.78, 5) is 12.5. The number of carbonyl (C=O) groups is 1. The lowest BCUT2D eigenvalue weighted by Crippen LogP contribution is -2.29. The van der Waals surface area contributed by atoms with Gasteiger partial charge in [-0.25, -0.2) is 0 Å². The second kappa shape index (κ2) is 10.4. The lowest BCUT2D eigenvalue weighted by molar-refractivity contribution is 0.0966. The standard InChI is InChI=1S/C18H27N5OS2/c1-23(25-2)15-6-4-3-5-14(15)18(24)22-16(19)7-8-17(20)26-13-9-11-21-12-10-13/h3-8,13,21H,9-12,19-20H2,1-2H3,(H,22,24)/b16-7+,17-8+. The highest BCUT2D eigenvalue weighted by Crippen LogP contribution is 2.25. The van der Waals surface area contributed by atoms with Crippen LogP contribution in [0, 0.1) is 0 Å². The van der Waals surface area contributed by atoms with Crippen molar-refractivity contribution in [3.8, 4) is 0 Å². The molecule has 1 aliphatic heterocycles. The summed E-state index contributed by atoms with van der Waals surface area (Å²) in [6.45, 7) is 2.06. The van der Waals surface area contributed by atoms with Crippen LogP contribution in [0.25, 0.3) is 0 Å². The number of piperidine rings is 1. The molecule has 6 nitrogen and oxygen atoms in total. The zero-order valence-electron chi connectivity index (χ0n) is 15.2. The van der Waals surface area contributed by atoms with Crippen LogP contribution in [-0.4, -0.2) is 37.6 Å². The summed E-state index contributed by atoms with van der Waals surface area (Å²) in [5.74, 6) is 0.0266. The number of hydrogen-bond acceptors (Lipinski definition) is 7. The van der Waals surface area contributed by atoms with Crippen LogP contribution in [0.15, 0.2) is 47.3 Å². The highest BCUT2D eigenvalue weighted by atomic mass is 32.2. The average molecular weight is 394 g/mol. The number of amides is 1. The van der Waals surface area contributed by atoms with Crippen molar-refractivity contribution < 1.29 is 4.79 Å². The number of nitrogens with one attached hydrogen (secondary N) is 2. The Labute approximate surface area is 164 Å². The third-order valence-corrected chi connectivity index (χ3v) is 5.99. The summed E-state index contributed by atoms with van der Waals surface area (Å²) in [6.07, 6.45) is 7.56. The molecule has 0 atom stereocenters. The first kappa shape index (κ1) is 20.5. The Morgan fingerprint density at radius 1 is 1.27 bits per heavy atom. The van der Waals surface area contributed by atoms with Crippen molar-refractivity contribution in [1.82, 2.24) is 10.6 Å². The van der Waals surface area contributed by atoms with Crippen LogP contribution in [0.5, 0.6) is 0 Å². The Kier molecular flexibility index (Phi) is 8.21. The molecule has 0 unspecified atom stereocenters. The normalized spacial score (nSPS) is 16.4. The molecule has 142 valence electrons. The summed E-state index contributed by atoms with van der Waals surface area (Å²) in [7, 11) is 1.91. The van der Waals surface area contributed by atoms with Crippen LogP contribution in [0.2, 0.25) is 0 Å². The number of rotatable bonds is 7. The fourth-order valence-corrected chi connectivity index (χ4v) is 3.95. The Balaban J connectivity index is 1.97. The van der Waals surface area contributed by atoms with E-state index in [2.05, 4.69) is 10.6 Å². The molecule has 1 heterocycles. The molecule has 1 aromatic rings. The Morgan fingerprint density at radius 3 is 2.65 bits per heavy atom. The number of para-hydroxylation sites is 1. The molecule has 1 aliphatic rings. The fraction of sp³-hybridized carbons (Fsp3) is 0.389. The van der Waals surface area contributed by atoms with E-state index in [1.807, 2.05) is 35.8 Å². The summed E-state index contributed by atoms with van der Waals surface area (Å²) in [5.41, 5.74) is 13.4. The fourth-order valence-electron chi connectivity index (χ4n) is 2.60. The number of carbonyl (C=O) groups excluding carboxylic acids is 1. The average Bonchev–Trinajstić information content (AvgIpc) is 2.66. The van der Waals surface area contributed by atoms with Crippen LogP contribution in [0.3, 0.4) is 0 Å². The van der Waals surface area contributed by atoms with Gasteiger partial charge in [0.25, 0.3) is 5.91 Å². The monoisotopic (exact) mass is 393 g/mol. The van der Waals surface area contributed by atoms with Crippen LogP contribution in [-0.2, 0) is 0 Å². The van der Waals surface area contributed by atoms with Gasteiger partial charge in [0.15, 0.2) is 0 Å². The number of benzene rings is 1. The number of hydrogen-bond donors (Lipinski definition) is 4. The smallest absolute Gasteiger partial charge is 0.258 e. The van der Waals surface area contributed by atoms with E-state index in [4.69, 9.17) is 11.5 Å². The van der Waals surface area contributed by atoms with Gasteiger partial charge < -0.3 is 26.4 Å². The zero-order valence-corrected chi connectivity index (χ0v) is 16.8. The first-order chi connectivity index (χ1) is 12.5. The van der Waals surface area contributed by atoms with E-state index in [1.165, 1.54) is 11.9 Å². The lowest BCUT2D eigenvalue weighted by atomic mass is 10.1. The van der Waals surface area contributed by atoms with Gasteiger partial charge >= 0.3 is 0 Å². The predicted octanol–water partition coefficient (Wildman–Crippen LogP) is 2.22. The van der Waals surface area contributed by atoms with Crippen molar-refractivity contribution in [1.29, 1.82) is 0 Å². The minimum absolute atomic E-state index is 0.242. The Bertz CT molecular complexity index is 671. The van der Waals surface area contributed by atoms with Gasteiger partial charge in [-0.3, -0.25) is 4.79 Å². The molecule has 6 N–H and O–H groups in total. The van der Waals surface area contributed by atoms with Crippen LogP contribution in [0.4, 0.5) is 5.69 Å². The second-order valence-electron chi connectivity index (χ2n) is 5.91. The van der Waals surface area contributed by atoms with E-state index in [0.29, 0.717) is 15.8 Å². The van der Waals surface area contributed by atoms with Gasteiger partial charge in [0.05, 0.1) is 16.3 Å². The summed E-state index contributed by atoms with van der Waals surface area (Å²) in [6, 6.07) is 7.42. The maximum atomic E-state index is 12.5. The lowest BCUT2D eigenvalue weighted by Gasteiger charge is -2.21. The molecule has 0 bridgehead atoms. The van der Waals surface area contributed by atoms with E-state index in [0.717, 1.165) is 31.6 Å². The highest BCUT2D eigenvalue weighted by molar-refractivity contribution is 8.03. The Morgan fingerprint density at radius 2 is 1.96 bits per heavy atom. The quantitative estimate of drug-likeness (QED) is 0.417. The molecule has 1 amide bonds. The molecule has 1 saturated heterocycles. The van der Waals surface area contributed by atoms with Crippen LogP contribution >= 0.6 is 23.7 Å². The third-order valence-electron chi connectivity index (χ3n) is 4.04. The largest absolute Gasteiger partial charge is 0.394 e. The summed E-state index contributed by atoms with van der Waals surface area (Å²) >= 11 is 3.20. The van der Waals surface area contributed by atoms with E-state index in [-0.39, 0.29) is 11.7 Å². The maximum Gasteiger partial charge on any atom is 0.258 e. The molecule has 0 aromatic heterocycles. The highest BCUT2D eigenvalue weighted by Gasteiger charge is 2.15. The van der Waals surface area contributed by atoms with E-state index >= 15 is 0 Å². The first-order valence-electron chi connectivity index (χ1n) is 8.49. The summed E-state index contributed by atoms with van der Waals surface area (Å²) in [5, 5.41) is 7.29.